The van der Waals surface area contributed by atoms with Crippen LogP contribution in [0.5, 0.6) is 0 Å². The maximum absolute atomic E-state index is 13.1. The number of hydrogen-bond donors (Lipinski definition) is 3. The molecule has 1 rings (SSSR count). The van der Waals surface area contributed by atoms with Crippen LogP contribution in [0.3, 0.4) is 0 Å². The average Bonchev–Trinajstić information content (AvgIpc) is 2.36. The average molecular weight is 249 g/mol. The smallest absolute Gasteiger partial charge is 0.319 e. The largest absolute Gasteiger partial charge is 0.338 e. The summed E-state index contributed by atoms with van der Waals surface area (Å²) in [6.45, 7) is 2.71. The molecular weight excluding hydrogens is 233 g/mol. The summed E-state index contributed by atoms with van der Waals surface area (Å²) in [5.41, 5.74) is 6.14. The van der Waals surface area contributed by atoms with Crippen LogP contribution in [-0.2, 0) is 0 Å². The van der Waals surface area contributed by atoms with Crippen LogP contribution in [0.2, 0.25) is 0 Å². The first-order chi connectivity index (χ1) is 8.67. The van der Waals surface area contributed by atoms with E-state index in [1.807, 2.05) is 6.92 Å². The second-order valence-corrected chi connectivity index (χ2v) is 3.58. The Balaban J connectivity index is 2.84. The van der Waals surface area contributed by atoms with Crippen molar-refractivity contribution in [1.29, 1.82) is 0 Å². The van der Waals surface area contributed by atoms with Crippen molar-refractivity contribution in [3.63, 3.8) is 0 Å². The van der Waals surface area contributed by atoms with Crippen LogP contribution in [0.15, 0.2) is 18.2 Å². The van der Waals surface area contributed by atoms with Crippen molar-refractivity contribution < 1.29 is 9.18 Å². The van der Waals surface area contributed by atoms with Gasteiger partial charge >= 0.3 is 6.03 Å². The lowest BCUT2D eigenvalue weighted by Crippen LogP contribution is -2.29. The number of urea groups is 1. The molecule has 0 heterocycles. The van der Waals surface area contributed by atoms with Gasteiger partial charge in [0, 0.05) is 6.54 Å². The summed E-state index contributed by atoms with van der Waals surface area (Å²) in [6.07, 6.45) is 0.844. The van der Waals surface area contributed by atoms with Gasteiger partial charge < -0.3 is 16.4 Å². The third-order valence-electron chi connectivity index (χ3n) is 2.09. The number of rotatable bonds is 3. The molecule has 0 fully saturated rings. The lowest BCUT2D eigenvalue weighted by molar-refractivity contribution is 0.252. The van der Waals surface area contributed by atoms with Crippen LogP contribution in [0, 0.1) is 17.7 Å². The molecule has 4 N–H and O–H groups in total. The summed E-state index contributed by atoms with van der Waals surface area (Å²) in [6, 6.07) is 3.67. The number of halogens is 1. The second kappa shape index (κ2) is 7.30. The van der Waals surface area contributed by atoms with Crippen molar-refractivity contribution in [2.24, 2.45) is 5.73 Å². The SMILES string of the molecule is CCCNC(=O)Nc1ccc(F)cc1C#CCN. The molecule has 0 aliphatic carbocycles. The highest BCUT2D eigenvalue weighted by Gasteiger charge is 2.05. The van der Waals surface area contributed by atoms with Gasteiger partial charge in [-0.15, -0.1) is 0 Å². The second-order valence-electron chi connectivity index (χ2n) is 3.58. The Hall–Kier alpha value is -2.06. The van der Waals surface area contributed by atoms with E-state index in [0.717, 1.165) is 6.42 Å². The van der Waals surface area contributed by atoms with E-state index in [4.69, 9.17) is 5.73 Å². The molecule has 1 aromatic carbocycles. The highest BCUT2D eigenvalue weighted by molar-refractivity contribution is 5.90. The van der Waals surface area contributed by atoms with Gasteiger partial charge in [-0.3, -0.25) is 0 Å². The van der Waals surface area contributed by atoms with Crippen LogP contribution in [0.1, 0.15) is 18.9 Å². The van der Waals surface area contributed by atoms with Gasteiger partial charge in [0.15, 0.2) is 0 Å². The molecule has 1 aromatic rings. The van der Waals surface area contributed by atoms with Gasteiger partial charge in [-0.1, -0.05) is 18.8 Å². The van der Waals surface area contributed by atoms with E-state index in [1.54, 1.807) is 0 Å². The molecule has 0 saturated carbocycles. The maximum Gasteiger partial charge on any atom is 0.319 e. The predicted molar refractivity (Wildman–Crippen MR) is 69.6 cm³/mol. The number of benzene rings is 1. The van der Waals surface area contributed by atoms with E-state index in [-0.39, 0.29) is 12.6 Å². The molecule has 0 aromatic heterocycles. The molecule has 0 atom stereocenters. The number of anilines is 1. The first-order valence-corrected chi connectivity index (χ1v) is 5.70. The minimum atomic E-state index is -0.407. The summed E-state index contributed by atoms with van der Waals surface area (Å²) < 4.78 is 13.1. The van der Waals surface area contributed by atoms with Crippen LogP contribution in [0.4, 0.5) is 14.9 Å². The fraction of sp³-hybridized carbons (Fsp3) is 0.308. The maximum atomic E-state index is 13.1. The molecule has 0 spiro atoms. The first kappa shape index (κ1) is 14.0. The Kier molecular flexibility index (Phi) is 5.68. The lowest BCUT2D eigenvalue weighted by Gasteiger charge is -2.08. The Morgan fingerprint density at radius 1 is 1.50 bits per heavy atom. The predicted octanol–water partition coefficient (Wildman–Crippen LogP) is 1.67. The number of amides is 2. The molecular formula is C13H16FN3O. The van der Waals surface area contributed by atoms with Gasteiger partial charge in [0.25, 0.3) is 0 Å². The van der Waals surface area contributed by atoms with Gasteiger partial charge in [-0.2, -0.15) is 0 Å². The summed E-state index contributed by atoms with van der Waals surface area (Å²) in [7, 11) is 0. The monoisotopic (exact) mass is 249 g/mol. The van der Waals surface area contributed by atoms with E-state index in [2.05, 4.69) is 22.5 Å². The van der Waals surface area contributed by atoms with Crippen molar-refractivity contribution >= 4 is 11.7 Å². The van der Waals surface area contributed by atoms with Gasteiger partial charge in [0.1, 0.15) is 5.82 Å². The normalized spacial score (nSPS) is 9.28. The van der Waals surface area contributed by atoms with Crippen LogP contribution >= 0.6 is 0 Å². The minimum Gasteiger partial charge on any atom is -0.338 e. The lowest BCUT2D eigenvalue weighted by atomic mass is 10.1. The zero-order chi connectivity index (χ0) is 13.4. The van der Waals surface area contributed by atoms with E-state index in [9.17, 15) is 9.18 Å². The third kappa shape index (κ3) is 4.44. The highest BCUT2D eigenvalue weighted by atomic mass is 19.1. The Morgan fingerprint density at radius 2 is 2.28 bits per heavy atom. The summed E-state index contributed by atoms with van der Waals surface area (Å²) in [5.74, 6) is 4.94. The molecule has 0 radical (unpaired) electrons. The molecule has 0 aliphatic rings. The molecule has 0 unspecified atom stereocenters. The topological polar surface area (TPSA) is 67.2 Å². The van der Waals surface area contributed by atoms with Gasteiger partial charge in [-0.05, 0) is 24.6 Å². The molecule has 0 saturated heterocycles. The summed E-state index contributed by atoms with van der Waals surface area (Å²) in [4.78, 5) is 11.5. The number of carbonyl (C=O) groups is 1. The zero-order valence-corrected chi connectivity index (χ0v) is 10.2. The highest BCUT2D eigenvalue weighted by Crippen LogP contribution is 2.15. The number of nitrogens with two attached hydrogens (primary N) is 1. The summed E-state index contributed by atoms with van der Waals surface area (Å²) >= 11 is 0. The quantitative estimate of drug-likeness (QED) is 0.713. The van der Waals surface area contributed by atoms with E-state index >= 15 is 0 Å². The van der Waals surface area contributed by atoms with Gasteiger partial charge in [0.05, 0.1) is 17.8 Å². The van der Waals surface area contributed by atoms with Crippen LogP contribution < -0.4 is 16.4 Å². The molecule has 18 heavy (non-hydrogen) atoms. The molecule has 0 bridgehead atoms. The van der Waals surface area contributed by atoms with E-state index in [1.165, 1.54) is 18.2 Å². The van der Waals surface area contributed by atoms with Crippen molar-refractivity contribution in [2.45, 2.75) is 13.3 Å². The Bertz CT molecular complexity index is 477. The first-order valence-electron chi connectivity index (χ1n) is 5.70. The fourth-order valence-electron chi connectivity index (χ4n) is 1.28. The van der Waals surface area contributed by atoms with E-state index < -0.39 is 5.82 Å². The molecule has 5 heteroatoms. The van der Waals surface area contributed by atoms with Crippen molar-refractivity contribution in [2.75, 3.05) is 18.4 Å². The molecule has 0 aliphatic heterocycles. The number of carbonyl (C=O) groups excluding carboxylic acids is 1. The number of hydrogen-bond acceptors (Lipinski definition) is 2. The van der Waals surface area contributed by atoms with Crippen LogP contribution in [-0.4, -0.2) is 19.1 Å². The summed E-state index contributed by atoms with van der Waals surface area (Å²) in [5, 5.41) is 5.28. The Labute approximate surface area is 106 Å². The third-order valence-corrected chi connectivity index (χ3v) is 2.09. The molecule has 96 valence electrons. The van der Waals surface area contributed by atoms with Crippen molar-refractivity contribution in [3.8, 4) is 11.8 Å². The molecule has 4 nitrogen and oxygen atoms in total. The standard InChI is InChI=1S/C13H16FN3O/c1-2-8-16-13(18)17-12-6-5-11(14)9-10(12)4-3-7-15/h5-6,9H,2,7-8,15H2,1H3,(H2,16,17,18). The van der Waals surface area contributed by atoms with Crippen LogP contribution in [0.25, 0.3) is 0 Å². The van der Waals surface area contributed by atoms with Gasteiger partial charge in [0.2, 0.25) is 0 Å². The Morgan fingerprint density at radius 3 is 2.94 bits per heavy atom. The zero-order valence-electron chi connectivity index (χ0n) is 10.2. The molecule has 2 amide bonds. The van der Waals surface area contributed by atoms with Gasteiger partial charge in [-0.25, -0.2) is 9.18 Å². The minimum absolute atomic E-state index is 0.179. The van der Waals surface area contributed by atoms with Crippen molar-refractivity contribution in [1.82, 2.24) is 5.32 Å². The van der Waals surface area contributed by atoms with Crippen molar-refractivity contribution in [3.05, 3.63) is 29.6 Å². The number of nitrogens with one attached hydrogen (secondary N) is 2. The van der Waals surface area contributed by atoms with E-state index in [0.29, 0.717) is 17.8 Å². The fourth-order valence-corrected chi connectivity index (χ4v) is 1.28.